The van der Waals surface area contributed by atoms with Crippen LogP contribution in [0.4, 0.5) is 0 Å². The number of piperidine rings is 1. The average Bonchev–Trinajstić information content (AvgIpc) is 2.69. The Morgan fingerprint density at radius 2 is 2.00 bits per heavy atom. The molecule has 132 valence electrons. The van der Waals surface area contributed by atoms with Crippen molar-refractivity contribution in [2.45, 2.75) is 25.9 Å². The maximum Gasteiger partial charge on any atom is 0.274 e. The minimum Gasteiger partial charge on any atom is -0.471 e. The first-order chi connectivity index (χ1) is 12.7. The van der Waals surface area contributed by atoms with Gasteiger partial charge in [0.1, 0.15) is 11.8 Å². The Morgan fingerprint density at radius 1 is 1.15 bits per heavy atom. The van der Waals surface area contributed by atoms with Crippen LogP contribution in [0.25, 0.3) is 11.0 Å². The monoisotopic (exact) mass is 349 g/mol. The predicted molar refractivity (Wildman–Crippen MR) is 95.9 cm³/mol. The van der Waals surface area contributed by atoms with Crippen LogP contribution < -0.4 is 4.74 Å². The van der Waals surface area contributed by atoms with Crippen LogP contribution in [0.15, 0.2) is 42.6 Å². The van der Waals surface area contributed by atoms with Gasteiger partial charge >= 0.3 is 0 Å². The van der Waals surface area contributed by atoms with Gasteiger partial charge in [-0.25, -0.2) is 4.98 Å². The van der Waals surface area contributed by atoms with Crippen LogP contribution in [0.1, 0.15) is 29.0 Å². The zero-order valence-electron chi connectivity index (χ0n) is 14.5. The number of ether oxygens (including phenoxy) is 1. The highest BCUT2D eigenvalue weighted by molar-refractivity contribution is 5.93. The molecule has 0 unspecified atom stereocenters. The average molecular weight is 349 g/mol. The molecule has 1 fully saturated rings. The van der Waals surface area contributed by atoms with Crippen molar-refractivity contribution in [2.24, 2.45) is 0 Å². The number of fused-ring (bicyclic) bond motifs is 1. The van der Waals surface area contributed by atoms with E-state index in [2.05, 4.69) is 20.2 Å². The molecule has 26 heavy (non-hydrogen) atoms. The number of para-hydroxylation sites is 2. The fourth-order valence-electron chi connectivity index (χ4n) is 3.06. The van der Waals surface area contributed by atoms with Crippen LogP contribution in [0.3, 0.4) is 0 Å². The smallest absolute Gasteiger partial charge is 0.274 e. The minimum absolute atomic E-state index is 0.0990. The largest absolute Gasteiger partial charge is 0.471 e. The second-order valence-corrected chi connectivity index (χ2v) is 6.39. The number of hydrogen-bond acceptors (Lipinski definition) is 6. The second-order valence-electron chi connectivity index (χ2n) is 6.39. The van der Waals surface area contributed by atoms with Gasteiger partial charge in [-0.3, -0.25) is 9.78 Å². The van der Waals surface area contributed by atoms with Crippen molar-refractivity contribution < 1.29 is 9.53 Å². The molecule has 1 aromatic carbocycles. The Morgan fingerprint density at radius 3 is 2.81 bits per heavy atom. The number of benzene rings is 1. The topological polar surface area (TPSA) is 81.1 Å². The molecule has 0 spiro atoms. The summed E-state index contributed by atoms with van der Waals surface area (Å²) in [6, 6.07) is 11.2. The molecule has 1 amide bonds. The third kappa shape index (κ3) is 3.46. The lowest BCUT2D eigenvalue weighted by Gasteiger charge is -2.32. The Hall–Kier alpha value is -3.09. The molecule has 2 aromatic heterocycles. The van der Waals surface area contributed by atoms with Crippen LogP contribution >= 0.6 is 0 Å². The normalized spacial score (nSPS) is 17.3. The van der Waals surface area contributed by atoms with E-state index >= 15 is 0 Å². The van der Waals surface area contributed by atoms with Crippen molar-refractivity contribution in [3.8, 4) is 5.88 Å². The van der Waals surface area contributed by atoms with Crippen LogP contribution in [0.5, 0.6) is 5.88 Å². The van der Waals surface area contributed by atoms with Crippen molar-refractivity contribution in [2.75, 3.05) is 13.1 Å². The molecule has 1 saturated heterocycles. The van der Waals surface area contributed by atoms with Gasteiger partial charge in [0.25, 0.3) is 5.91 Å². The van der Waals surface area contributed by atoms with Gasteiger partial charge < -0.3 is 9.64 Å². The van der Waals surface area contributed by atoms with E-state index in [4.69, 9.17) is 4.74 Å². The summed E-state index contributed by atoms with van der Waals surface area (Å²) in [4.78, 5) is 23.4. The minimum atomic E-state index is -0.119. The number of likely N-dealkylation sites (tertiary alicyclic amines) is 1. The molecular weight excluding hydrogens is 330 g/mol. The molecule has 7 heteroatoms. The maximum absolute atomic E-state index is 12.8. The summed E-state index contributed by atoms with van der Waals surface area (Å²) in [7, 11) is 0. The molecule has 4 rings (SSSR count). The van der Waals surface area contributed by atoms with E-state index in [1.807, 2.05) is 37.3 Å². The van der Waals surface area contributed by atoms with Gasteiger partial charge in [-0.1, -0.05) is 12.1 Å². The zero-order chi connectivity index (χ0) is 17.9. The number of rotatable bonds is 3. The molecule has 0 aliphatic carbocycles. The number of aromatic nitrogens is 4. The first-order valence-corrected chi connectivity index (χ1v) is 8.67. The van der Waals surface area contributed by atoms with E-state index < -0.39 is 0 Å². The van der Waals surface area contributed by atoms with E-state index in [1.165, 1.54) is 0 Å². The molecule has 0 bridgehead atoms. The van der Waals surface area contributed by atoms with Crippen LogP contribution in [0, 0.1) is 6.92 Å². The quantitative estimate of drug-likeness (QED) is 0.722. The highest BCUT2D eigenvalue weighted by Gasteiger charge is 2.27. The van der Waals surface area contributed by atoms with Crippen molar-refractivity contribution in [1.29, 1.82) is 0 Å². The second kappa shape index (κ2) is 7.03. The highest BCUT2D eigenvalue weighted by atomic mass is 16.5. The maximum atomic E-state index is 12.8. The summed E-state index contributed by atoms with van der Waals surface area (Å²) in [5.41, 5.74) is 2.70. The van der Waals surface area contributed by atoms with Gasteiger partial charge in [-0.15, -0.1) is 5.10 Å². The molecule has 3 heterocycles. The van der Waals surface area contributed by atoms with E-state index in [-0.39, 0.29) is 12.0 Å². The SMILES string of the molecule is Cc1ccc(O[C@@H]2CCCN(C(=O)c3cnc4ccccc4n3)C2)nn1. The number of nitrogens with zero attached hydrogens (tertiary/aromatic N) is 5. The molecule has 0 saturated carbocycles. The van der Waals surface area contributed by atoms with E-state index in [0.29, 0.717) is 24.7 Å². The van der Waals surface area contributed by atoms with Crippen LogP contribution in [0.2, 0.25) is 0 Å². The van der Waals surface area contributed by atoms with Gasteiger partial charge in [0.05, 0.1) is 29.5 Å². The van der Waals surface area contributed by atoms with Crippen LogP contribution in [-0.4, -0.2) is 50.2 Å². The Balaban J connectivity index is 1.47. The van der Waals surface area contributed by atoms with Gasteiger partial charge in [0.15, 0.2) is 0 Å². The number of aryl methyl sites for hydroxylation is 1. The number of hydrogen-bond donors (Lipinski definition) is 0. The summed E-state index contributed by atoms with van der Waals surface area (Å²) in [6.45, 7) is 3.07. The lowest BCUT2D eigenvalue weighted by molar-refractivity contribution is 0.0520. The van der Waals surface area contributed by atoms with Gasteiger partial charge in [0, 0.05) is 12.6 Å². The first-order valence-electron chi connectivity index (χ1n) is 8.67. The number of amides is 1. The summed E-state index contributed by atoms with van der Waals surface area (Å²) < 4.78 is 5.89. The molecule has 0 radical (unpaired) electrons. The lowest BCUT2D eigenvalue weighted by Crippen LogP contribution is -2.44. The lowest BCUT2D eigenvalue weighted by atomic mass is 10.1. The van der Waals surface area contributed by atoms with Crippen molar-refractivity contribution in [3.05, 3.63) is 54.0 Å². The third-order valence-electron chi connectivity index (χ3n) is 4.39. The number of carbonyl (C=O) groups is 1. The molecular formula is C19H19N5O2. The Bertz CT molecular complexity index is 929. The van der Waals surface area contributed by atoms with Gasteiger partial charge in [-0.05, 0) is 38.0 Å². The fourth-order valence-corrected chi connectivity index (χ4v) is 3.06. The van der Waals surface area contributed by atoms with Gasteiger partial charge in [-0.2, -0.15) is 5.10 Å². The molecule has 3 aromatic rings. The molecule has 7 nitrogen and oxygen atoms in total. The Labute approximate surface area is 151 Å². The molecule has 1 aliphatic rings. The van der Waals surface area contributed by atoms with Crippen molar-refractivity contribution >= 4 is 16.9 Å². The summed E-state index contributed by atoms with van der Waals surface area (Å²) >= 11 is 0. The first kappa shape index (κ1) is 16.4. The standard InChI is InChI=1S/C19H19N5O2/c1-13-8-9-18(23-22-13)26-14-5-4-10-24(12-14)19(25)17-11-20-15-6-2-3-7-16(15)21-17/h2-3,6-9,11,14H,4-5,10,12H2,1H3/t14-/m1/s1. The van der Waals surface area contributed by atoms with Crippen molar-refractivity contribution in [1.82, 2.24) is 25.1 Å². The zero-order valence-corrected chi connectivity index (χ0v) is 14.5. The summed E-state index contributed by atoms with van der Waals surface area (Å²) in [5.74, 6) is 0.368. The summed E-state index contributed by atoms with van der Waals surface area (Å²) in [5, 5.41) is 8.04. The van der Waals surface area contributed by atoms with E-state index in [0.717, 1.165) is 29.6 Å². The molecule has 1 atom stereocenters. The predicted octanol–water partition coefficient (Wildman–Crippen LogP) is 2.41. The van der Waals surface area contributed by atoms with Crippen LogP contribution in [-0.2, 0) is 0 Å². The summed E-state index contributed by atoms with van der Waals surface area (Å²) in [6.07, 6.45) is 3.19. The third-order valence-corrected chi connectivity index (χ3v) is 4.39. The van der Waals surface area contributed by atoms with E-state index in [9.17, 15) is 4.79 Å². The fraction of sp³-hybridized carbons (Fsp3) is 0.316. The molecule has 1 aliphatic heterocycles. The van der Waals surface area contributed by atoms with Gasteiger partial charge in [0.2, 0.25) is 5.88 Å². The molecule has 0 N–H and O–H groups in total. The highest BCUT2D eigenvalue weighted by Crippen LogP contribution is 2.18. The number of carbonyl (C=O) groups excluding carboxylic acids is 1. The van der Waals surface area contributed by atoms with Crippen molar-refractivity contribution in [3.63, 3.8) is 0 Å². The van der Waals surface area contributed by atoms with E-state index in [1.54, 1.807) is 17.2 Å². The Kier molecular flexibility index (Phi) is 4.43.